The molecular weight excluding hydrogens is 455 g/mol. The maximum atomic E-state index is 13.2. The van der Waals surface area contributed by atoms with Gasteiger partial charge in [0.2, 0.25) is 0 Å². The van der Waals surface area contributed by atoms with E-state index in [0.29, 0.717) is 17.9 Å². The summed E-state index contributed by atoms with van der Waals surface area (Å²) in [5, 5.41) is 14.7. The molecule has 12 heteroatoms. The third kappa shape index (κ3) is 9.31. The molecule has 33 heavy (non-hydrogen) atoms. The molecule has 0 bridgehead atoms. The van der Waals surface area contributed by atoms with E-state index in [-0.39, 0.29) is 31.9 Å². The smallest absolute Gasteiger partial charge is 0.419 e. The third-order valence-corrected chi connectivity index (χ3v) is 4.13. The van der Waals surface area contributed by atoms with Gasteiger partial charge in [0.05, 0.1) is 11.7 Å². The quantitative estimate of drug-likeness (QED) is 0.433. The van der Waals surface area contributed by atoms with Crippen LogP contribution in [0.3, 0.4) is 0 Å². The summed E-state index contributed by atoms with van der Waals surface area (Å²) in [4.78, 5) is 23.4. The summed E-state index contributed by atoms with van der Waals surface area (Å²) in [5.74, 6) is -3.12. The van der Waals surface area contributed by atoms with E-state index in [4.69, 9.17) is 9.47 Å². The summed E-state index contributed by atoms with van der Waals surface area (Å²) in [5.41, 5.74) is -1.51. The number of benzene rings is 2. The van der Waals surface area contributed by atoms with Gasteiger partial charge in [0.25, 0.3) is 11.8 Å². The van der Waals surface area contributed by atoms with Crippen molar-refractivity contribution in [2.24, 2.45) is 0 Å². The van der Waals surface area contributed by atoms with Gasteiger partial charge in [-0.2, -0.15) is 13.2 Å². The summed E-state index contributed by atoms with van der Waals surface area (Å²) in [6, 6.07) is 7.08. The Hall–Kier alpha value is -3.41. The highest BCUT2D eigenvalue weighted by atomic mass is 19.4. The minimum absolute atomic E-state index is 0.0783. The highest BCUT2D eigenvalue weighted by Crippen LogP contribution is 2.33. The van der Waals surface area contributed by atoms with Crippen molar-refractivity contribution in [1.82, 2.24) is 10.6 Å². The standard InChI is InChI=1S/C21H21F5N2O5/c22-13-1-3-15(4-2-13)32-11-19(30)27-8-7-14(29)10-28-20(31)12-33-16-5-6-18(23)17(9-16)21(24,25)26/h1-6,9,14,29H,7-8,10-12H2,(H,27,30)(H,28,31)/t14-/m0/s1. The van der Waals surface area contributed by atoms with Crippen LogP contribution in [0.25, 0.3) is 0 Å². The zero-order chi connectivity index (χ0) is 24.4. The van der Waals surface area contributed by atoms with Crippen LogP contribution in [0.5, 0.6) is 11.5 Å². The number of aliphatic hydroxyl groups is 1. The molecule has 180 valence electrons. The van der Waals surface area contributed by atoms with Crippen LogP contribution < -0.4 is 20.1 Å². The monoisotopic (exact) mass is 476 g/mol. The van der Waals surface area contributed by atoms with Gasteiger partial charge in [-0.25, -0.2) is 8.78 Å². The molecule has 2 aromatic carbocycles. The minimum Gasteiger partial charge on any atom is -0.484 e. The second-order valence-electron chi connectivity index (χ2n) is 6.77. The molecule has 0 saturated heterocycles. The van der Waals surface area contributed by atoms with Gasteiger partial charge in [-0.15, -0.1) is 0 Å². The summed E-state index contributed by atoms with van der Waals surface area (Å²) in [7, 11) is 0. The molecule has 0 aromatic heterocycles. The van der Waals surface area contributed by atoms with E-state index in [1.165, 1.54) is 24.3 Å². The molecule has 0 aliphatic heterocycles. The Labute approximate surface area is 185 Å². The lowest BCUT2D eigenvalue weighted by molar-refractivity contribution is -0.140. The summed E-state index contributed by atoms with van der Waals surface area (Å²) in [6.45, 7) is -1.07. The number of hydrogen-bond donors (Lipinski definition) is 3. The average Bonchev–Trinajstić information content (AvgIpc) is 2.76. The maximum absolute atomic E-state index is 13.2. The van der Waals surface area contributed by atoms with Crippen molar-refractivity contribution in [3.63, 3.8) is 0 Å². The molecule has 0 spiro atoms. The van der Waals surface area contributed by atoms with Crippen molar-refractivity contribution in [3.05, 3.63) is 59.7 Å². The van der Waals surface area contributed by atoms with Crippen LogP contribution in [-0.2, 0) is 15.8 Å². The Kier molecular flexibility index (Phi) is 9.40. The molecule has 0 aliphatic rings. The molecule has 2 amide bonds. The first-order chi connectivity index (χ1) is 15.5. The fraction of sp³-hybridized carbons (Fsp3) is 0.333. The number of ether oxygens (including phenoxy) is 2. The maximum Gasteiger partial charge on any atom is 0.419 e. The minimum atomic E-state index is -4.90. The Morgan fingerprint density at radius 1 is 0.909 bits per heavy atom. The van der Waals surface area contributed by atoms with Gasteiger partial charge in [-0.1, -0.05) is 0 Å². The Morgan fingerprint density at radius 2 is 1.48 bits per heavy atom. The van der Waals surface area contributed by atoms with Crippen LogP contribution in [0.2, 0.25) is 0 Å². The topological polar surface area (TPSA) is 96.9 Å². The van der Waals surface area contributed by atoms with E-state index in [1.54, 1.807) is 0 Å². The van der Waals surface area contributed by atoms with Crippen LogP contribution in [0, 0.1) is 11.6 Å². The molecule has 2 rings (SSSR count). The van der Waals surface area contributed by atoms with Gasteiger partial charge < -0.3 is 25.2 Å². The number of hydrogen-bond acceptors (Lipinski definition) is 5. The highest BCUT2D eigenvalue weighted by molar-refractivity contribution is 5.78. The molecule has 0 fully saturated rings. The lowest BCUT2D eigenvalue weighted by atomic mass is 10.2. The number of halogens is 5. The summed E-state index contributed by atoms with van der Waals surface area (Å²) >= 11 is 0. The Balaban J connectivity index is 1.62. The van der Waals surface area contributed by atoms with E-state index in [1.807, 2.05) is 0 Å². The largest absolute Gasteiger partial charge is 0.484 e. The number of alkyl halides is 3. The van der Waals surface area contributed by atoms with Crippen LogP contribution >= 0.6 is 0 Å². The van der Waals surface area contributed by atoms with Crippen LogP contribution in [0.1, 0.15) is 12.0 Å². The number of rotatable bonds is 11. The van der Waals surface area contributed by atoms with Gasteiger partial charge in [0.1, 0.15) is 23.1 Å². The fourth-order valence-electron chi connectivity index (χ4n) is 2.45. The molecule has 7 nitrogen and oxygen atoms in total. The third-order valence-electron chi connectivity index (χ3n) is 4.13. The molecule has 0 unspecified atom stereocenters. The zero-order valence-corrected chi connectivity index (χ0v) is 17.1. The number of carbonyl (C=O) groups excluding carboxylic acids is 2. The number of aliphatic hydroxyl groups excluding tert-OH is 1. The fourth-order valence-corrected chi connectivity index (χ4v) is 2.45. The molecule has 2 aromatic rings. The normalized spacial score (nSPS) is 12.1. The van der Waals surface area contributed by atoms with E-state index in [2.05, 4.69) is 10.6 Å². The Bertz CT molecular complexity index is 938. The predicted molar refractivity (Wildman–Crippen MR) is 105 cm³/mol. The molecule has 0 saturated carbocycles. The lowest BCUT2D eigenvalue weighted by Crippen LogP contribution is -2.37. The molecule has 3 N–H and O–H groups in total. The molecule has 0 aliphatic carbocycles. The molecular formula is C21H21F5N2O5. The lowest BCUT2D eigenvalue weighted by Gasteiger charge is -2.14. The number of amides is 2. The van der Waals surface area contributed by atoms with Crippen molar-refractivity contribution in [1.29, 1.82) is 0 Å². The van der Waals surface area contributed by atoms with E-state index >= 15 is 0 Å². The summed E-state index contributed by atoms with van der Waals surface area (Å²) in [6.07, 6.45) is -5.83. The molecule has 0 heterocycles. The first-order valence-electron chi connectivity index (χ1n) is 9.64. The van der Waals surface area contributed by atoms with Crippen LogP contribution in [0.15, 0.2) is 42.5 Å². The van der Waals surface area contributed by atoms with E-state index < -0.39 is 47.9 Å². The first-order valence-corrected chi connectivity index (χ1v) is 9.64. The second kappa shape index (κ2) is 12.0. The highest BCUT2D eigenvalue weighted by Gasteiger charge is 2.34. The van der Waals surface area contributed by atoms with Crippen molar-refractivity contribution >= 4 is 11.8 Å². The van der Waals surface area contributed by atoms with Crippen LogP contribution in [0.4, 0.5) is 22.0 Å². The van der Waals surface area contributed by atoms with Gasteiger partial charge in [-0.05, 0) is 48.9 Å². The van der Waals surface area contributed by atoms with E-state index in [9.17, 15) is 36.6 Å². The second-order valence-corrected chi connectivity index (χ2v) is 6.77. The van der Waals surface area contributed by atoms with Crippen LogP contribution in [-0.4, -0.2) is 49.3 Å². The summed E-state index contributed by atoms with van der Waals surface area (Å²) < 4.78 is 74.1. The number of carbonyl (C=O) groups is 2. The van der Waals surface area contributed by atoms with Gasteiger partial charge in [-0.3, -0.25) is 9.59 Å². The Morgan fingerprint density at radius 3 is 2.12 bits per heavy atom. The molecule has 0 radical (unpaired) electrons. The SMILES string of the molecule is O=C(COc1ccc(F)cc1)NCC[C@H](O)CNC(=O)COc1ccc(F)c(C(F)(F)F)c1. The van der Waals surface area contributed by atoms with Crippen molar-refractivity contribution < 1.29 is 46.1 Å². The molecule has 1 atom stereocenters. The van der Waals surface area contributed by atoms with Gasteiger partial charge >= 0.3 is 6.18 Å². The van der Waals surface area contributed by atoms with Crippen molar-refractivity contribution in [3.8, 4) is 11.5 Å². The van der Waals surface area contributed by atoms with Gasteiger partial charge in [0.15, 0.2) is 13.2 Å². The number of nitrogens with one attached hydrogen (secondary N) is 2. The zero-order valence-electron chi connectivity index (χ0n) is 17.1. The van der Waals surface area contributed by atoms with Gasteiger partial charge in [0, 0.05) is 13.1 Å². The predicted octanol–water partition coefficient (Wildman–Crippen LogP) is 2.42. The first kappa shape index (κ1) is 25.8. The average molecular weight is 476 g/mol. The van der Waals surface area contributed by atoms with E-state index in [0.717, 1.165) is 6.07 Å². The van der Waals surface area contributed by atoms with Crippen molar-refractivity contribution in [2.45, 2.75) is 18.7 Å². The van der Waals surface area contributed by atoms with Crippen molar-refractivity contribution in [2.75, 3.05) is 26.3 Å².